The molecular weight excluding hydrogens is 244 g/mol. The fraction of sp³-hybridized carbons (Fsp3) is 0.500. The molecule has 1 heterocycles. The molecule has 20 heavy (non-hydrogen) atoms. The molecule has 106 valence electrons. The number of nitrogens with one attached hydrogen (secondary N) is 1. The Bertz CT molecular complexity index is 644. The molecule has 0 unspecified atom stereocenters. The molecule has 1 aromatic heterocycles. The molecule has 2 heteroatoms. The van der Waals surface area contributed by atoms with E-state index in [2.05, 4.69) is 38.2 Å². The van der Waals surface area contributed by atoms with Crippen LogP contribution in [0, 0.1) is 6.92 Å². The predicted molar refractivity (Wildman–Crippen MR) is 86.7 cm³/mol. The number of anilines is 1. The normalized spacial score (nSPS) is 14.3. The number of hydrogen-bond acceptors (Lipinski definition) is 2. The molecule has 0 saturated carbocycles. The lowest BCUT2D eigenvalue weighted by atomic mass is 9.88. The Morgan fingerprint density at radius 1 is 1.15 bits per heavy atom. The maximum absolute atomic E-state index is 5.01. The lowest BCUT2D eigenvalue weighted by molar-refractivity contribution is 0.688. The quantitative estimate of drug-likeness (QED) is 0.891. The number of benzene rings is 1. The molecule has 0 atom stereocenters. The van der Waals surface area contributed by atoms with Crippen LogP contribution in [0.1, 0.15) is 49.1 Å². The van der Waals surface area contributed by atoms with Gasteiger partial charge in [0, 0.05) is 23.3 Å². The van der Waals surface area contributed by atoms with E-state index in [-0.39, 0.29) is 0 Å². The highest BCUT2D eigenvalue weighted by atomic mass is 14.9. The number of aryl methyl sites for hydroxylation is 3. The van der Waals surface area contributed by atoms with Crippen molar-refractivity contribution in [2.24, 2.45) is 0 Å². The summed E-state index contributed by atoms with van der Waals surface area (Å²) in [4.78, 5) is 5.01. The average Bonchev–Trinajstić information content (AvgIpc) is 2.49. The van der Waals surface area contributed by atoms with Crippen molar-refractivity contribution in [1.82, 2.24) is 4.98 Å². The van der Waals surface area contributed by atoms with Gasteiger partial charge in [0.1, 0.15) is 0 Å². The van der Waals surface area contributed by atoms with Gasteiger partial charge in [0.2, 0.25) is 0 Å². The van der Waals surface area contributed by atoms with Crippen LogP contribution < -0.4 is 5.32 Å². The summed E-state index contributed by atoms with van der Waals surface area (Å²) in [6.45, 7) is 7.52. The van der Waals surface area contributed by atoms with E-state index in [4.69, 9.17) is 4.98 Å². The van der Waals surface area contributed by atoms with E-state index in [1.165, 1.54) is 64.7 Å². The second-order valence-corrected chi connectivity index (χ2v) is 5.75. The summed E-state index contributed by atoms with van der Waals surface area (Å²) in [7, 11) is 0. The van der Waals surface area contributed by atoms with Gasteiger partial charge in [-0.1, -0.05) is 19.1 Å². The molecule has 1 aliphatic carbocycles. The number of aromatic nitrogens is 1. The van der Waals surface area contributed by atoms with E-state index >= 15 is 0 Å². The molecule has 0 saturated heterocycles. The van der Waals surface area contributed by atoms with E-state index in [0.717, 1.165) is 13.0 Å². The van der Waals surface area contributed by atoms with Crippen LogP contribution in [0.4, 0.5) is 5.69 Å². The first-order valence-electron chi connectivity index (χ1n) is 7.94. The SMILES string of the molecule is CCNc1c(C)c(CC)nc2c3c(ccc12)CCCC3. The van der Waals surface area contributed by atoms with Crippen molar-refractivity contribution in [3.63, 3.8) is 0 Å². The third-order valence-electron chi connectivity index (χ3n) is 4.52. The zero-order chi connectivity index (χ0) is 14.1. The van der Waals surface area contributed by atoms with Crippen LogP contribution in [0.5, 0.6) is 0 Å². The fourth-order valence-corrected chi connectivity index (χ4v) is 3.45. The van der Waals surface area contributed by atoms with Gasteiger partial charge in [0.15, 0.2) is 0 Å². The molecule has 0 fully saturated rings. The molecule has 2 aromatic rings. The minimum Gasteiger partial charge on any atom is -0.385 e. The second-order valence-electron chi connectivity index (χ2n) is 5.75. The van der Waals surface area contributed by atoms with Crippen LogP contribution in [0.25, 0.3) is 10.9 Å². The number of nitrogens with zero attached hydrogens (tertiary/aromatic N) is 1. The number of pyridine rings is 1. The largest absolute Gasteiger partial charge is 0.385 e. The van der Waals surface area contributed by atoms with E-state index in [1.54, 1.807) is 0 Å². The summed E-state index contributed by atoms with van der Waals surface area (Å²) in [5, 5.41) is 4.87. The van der Waals surface area contributed by atoms with Crippen LogP contribution in [0.2, 0.25) is 0 Å². The van der Waals surface area contributed by atoms with E-state index in [9.17, 15) is 0 Å². The van der Waals surface area contributed by atoms with Gasteiger partial charge in [-0.15, -0.1) is 0 Å². The monoisotopic (exact) mass is 268 g/mol. The molecule has 1 N–H and O–H groups in total. The fourth-order valence-electron chi connectivity index (χ4n) is 3.45. The third-order valence-corrected chi connectivity index (χ3v) is 4.52. The van der Waals surface area contributed by atoms with Crippen LogP contribution >= 0.6 is 0 Å². The van der Waals surface area contributed by atoms with Crippen LogP contribution in [-0.4, -0.2) is 11.5 Å². The van der Waals surface area contributed by atoms with Gasteiger partial charge in [-0.25, -0.2) is 0 Å². The van der Waals surface area contributed by atoms with Gasteiger partial charge in [0.25, 0.3) is 0 Å². The van der Waals surface area contributed by atoms with E-state index < -0.39 is 0 Å². The standard InChI is InChI=1S/C18H24N2/c1-4-16-12(3)17(19-5-2)15-11-10-13-8-6-7-9-14(13)18(15)20-16/h10-11H,4-9H2,1-3H3,(H,19,20). The molecule has 0 amide bonds. The van der Waals surface area contributed by atoms with Gasteiger partial charge >= 0.3 is 0 Å². The van der Waals surface area contributed by atoms with Gasteiger partial charge in [0.05, 0.1) is 5.52 Å². The van der Waals surface area contributed by atoms with Crippen LogP contribution in [-0.2, 0) is 19.3 Å². The van der Waals surface area contributed by atoms with Crippen molar-refractivity contribution >= 4 is 16.6 Å². The van der Waals surface area contributed by atoms with Gasteiger partial charge in [-0.3, -0.25) is 4.98 Å². The average molecular weight is 268 g/mol. The maximum atomic E-state index is 5.01. The molecule has 1 aromatic carbocycles. The summed E-state index contributed by atoms with van der Waals surface area (Å²) >= 11 is 0. The highest BCUT2D eigenvalue weighted by molar-refractivity contribution is 5.96. The first-order chi connectivity index (χ1) is 9.76. The van der Waals surface area contributed by atoms with Crippen LogP contribution in [0.15, 0.2) is 12.1 Å². The molecular formula is C18H24N2. The first-order valence-corrected chi connectivity index (χ1v) is 7.94. The Balaban J connectivity index is 2.32. The van der Waals surface area contributed by atoms with E-state index in [0.29, 0.717) is 0 Å². The summed E-state index contributed by atoms with van der Waals surface area (Å²) in [5.74, 6) is 0. The first kappa shape index (κ1) is 13.4. The Morgan fingerprint density at radius 3 is 2.70 bits per heavy atom. The number of rotatable bonds is 3. The molecule has 2 nitrogen and oxygen atoms in total. The van der Waals surface area contributed by atoms with Crippen molar-refractivity contribution in [3.8, 4) is 0 Å². The summed E-state index contributed by atoms with van der Waals surface area (Å²) in [6.07, 6.45) is 6.05. The summed E-state index contributed by atoms with van der Waals surface area (Å²) < 4.78 is 0. The predicted octanol–water partition coefficient (Wildman–Crippen LogP) is 4.42. The van der Waals surface area contributed by atoms with Gasteiger partial charge in [-0.05, 0) is 62.6 Å². The Labute approximate surface area is 121 Å². The van der Waals surface area contributed by atoms with Crippen LogP contribution in [0.3, 0.4) is 0 Å². The second kappa shape index (κ2) is 5.43. The van der Waals surface area contributed by atoms with Crippen molar-refractivity contribution in [3.05, 3.63) is 34.5 Å². The Morgan fingerprint density at radius 2 is 1.95 bits per heavy atom. The molecule has 0 radical (unpaired) electrons. The number of fused-ring (bicyclic) bond motifs is 3. The number of hydrogen-bond donors (Lipinski definition) is 1. The molecule has 1 aliphatic rings. The molecule has 3 rings (SSSR count). The van der Waals surface area contributed by atoms with Crippen molar-refractivity contribution < 1.29 is 0 Å². The highest BCUT2D eigenvalue weighted by Gasteiger charge is 2.17. The summed E-state index contributed by atoms with van der Waals surface area (Å²) in [6, 6.07) is 4.60. The maximum Gasteiger partial charge on any atom is 0.0760 e. The van der Waals surface area contributed by atoms with Gasteiger partial charge < -0.3 is 5.32 Å². The van der Waals surface area contributed by atoms with E-state index in [1.807, 2.05) is 0 Å². The molecule has 0 aliphatic heterocycles. The van der Waals surface area contributed by atoms with Crippen molar-refractivity contribution in [2.45, 2.75) is 52.9 Å². The lowest BCUT2D eigenvalue weighted by Gasteiger charge is -2.21. The molecule has 0 bridgehead atoms. The minimum absolute atomic E-state index is 0.959. The Kier molecular flexibility index (Phi) is 3.64. The van der Waals surface area contributed by atoms with Crippen molar-refractivity contribution in [1.29, 1.82) is 0 Å². The topological polar surface area (TPSA) is 24.9 Å². The highest BCUT2D eigenvalue weighted by Crippen LogP contribution is 2.34. The zero-order valence-corrected chi connectivity index (χ0v) is 12.8. The summed E-state index contributed by atoms with van der Waals surface area (Å²) in [5.41, 5.74) is 8.13. The Hall–Kier alpha value is -1.57. The van der Waals surface area contributed by atoms with Gasteiger partial charge in [-0.2, -0.15) is 0 Å². The van der Waals surface area contributed by atoms with Crippen molar-refractivity contribution in [2.75, 3.05) is 11.9 Å². The smallest absolute Gasteiger partial charge is 0.0760 e. The molecule has 0 spiro atoms. The zero-order valence-electron chi connectivity index (χ0n) is 12.8. The lowest BCUT2D eigenvalue weighted by Crippen LogP contribution is -2.09. The minimum atomic E-state index is 0.959. The third kappa shape index (κ3) is 2.07.